The van der Waals surface area contributed by atoms with Crippen molar-refractivity contribution in [3.63, 3.8) is 0 Å². The van der Waals surface area contributed by atoms with E-state index >= 15 is 0 Å². The molecule has 0 amide bonds. The van der Waals surface area contributed by atoms with Crippen molar-refractivity contribution in [2.75, 3.05) is 0 Å². The molecule has 0 spiro atoms. The van der Waals surface area contributed by atoms with Gasteiger partial charge in [-0.3, -0.25) is 0 Å². The molecule has 0 rings (SSSR count). The Hall–Kier alpha value is 1.29. The van der Waals surface area contributed by atoms with Crippen LogP contribution < -0.4 is 0 Å². The van der Waals surface area contributed by atoms with Crippen LogP contribution in [0, 0.1) is 12.8 Å². The average Bonchev–Trinajstić information content (AvgIpc) is 1.39. The zero-order valence-corrected chi connectivity index (χ0v) is 9.67. The summed E-state index contributed by atoms with van der Waals surface area (Å²) in [5, 5.41) is 0. The summed E-state index contributed by atoms with van der Waals surface area (Å²) in [5.41, 5.74) is 0. The van der Waals surface area contributed by atoms with Crippen molar-refractivity contribution in [3.8, 4) is 0 Å². The molecule has 0 saturated heterocycles. The van der Waals surface area contributed by atoms with Gasteiger partial charge >= 0.3 is 21.7 Å². The molecule has 0 aliphatic rings. The Morgan fingerprint density at radius 3 is 0.667 bits per heavy atom. The Kier molecular flexibility index (Phi) is 208. The topological polar surface area (TPSA) is 0 Å². The average molecular weight is 207 g/mol. The van der Waals surface area contributed by atoms with Crippen LogP contribution in [-0.4, -0.2) is 0 Å². The first-order valence-electron chi connectivity index (χ1n) is 2.31. The van der Waals surface area contributed by atoms with Crippen molar-refractivity contribution in [2.24, 2.45) is 0 Å². The predicted molar refractivity (Wildman–Crippen MR) is 45.8 cm³/mol. The molecular formula is C6H16Cl2Ti. The SMILES string of the molecule is C[CH-]C.C[CH-]C.Cl.Cl.[Ti+2]. The van der Waals surface area contributed by atoms with E-state index in [4.69, 9.17) is 0 Å². The van der Waals surface area contributed by atoms with Gasteiger partial charge in [0.25, 0.3) is 0 Å². The number of hydrogen-bond donors (Lipinski definition) is 0. The van der Waals surface area contributed by atoms with Crippen LogP contribution in [0.15, 0.2) is 0 Å². The third-order valence-corrected chi connectivity index (χ3v) is 0. The van der Waals surface area contributed by atoms with Gasteiger partial charge in [-0.05, 0) is 0 Å². The molecule has 58 valence electrons. The molecule has 0 fully saturated rings. The summed E-state index contributed by atoms with van der Waals surface area (Å²) in [6, 6.07) is 0. The molecule has 0 heterocycles. The Morgan fingerprint density at radius 2 is 0.667 bits per heavy atom. The van der Waals surface area contributed by atoms with Crippen LogP contribution in [0.2, 0.25) is 0 Å². The minimum atomic E-state index is 0. The second-order valence-electron chi connectivity index (χ2n) is 1.15. The second-order valence-corrected chi connectivity index (χ2v) is 1.15. The molecule has 0 aliphatic carbocycles. The van der Waals surface area contributed by atoms with Crippen molar-refractivity contribution in [1.82, 2.24) is 0 Å². The van der Waals surface area contributed by atoms with Gasteiger partial charge in [-0.2, -0.15) is 27.7 Å². The van der Waals surface area contributed by atoms with Gasteiger partial charge in [0.05, 0.1) is 0 Å². The van der Waals surface area contributed by atoms with E-state index in [0.717, 1.165) is 0 Å². The molecule has 0 unspecified atom stereocenters. The van der Waals surface area contributed by atoms with Crippen molar-refractivity contribution < 1.29 is 21.7 Å². The minimum Gasteiger partial charge on any atom is -0.335 e. The third kappa shape index (κ3) is 295. The maximum atomic E-state index is 2.00. The molecule has 9 heavy (non-hydrogen) atoms. The van der Waals surface area contributed by atoms with E-state index in [-0.39, 0.29) is 46.5 Å². The molecule has 0 saturated carbocycles. The second kappa shape index (κ2) is 58.9. The molecular weight excluding hydrogens is 191 g/mol. The normalized spacial score (nSPS) is 4.00. The predicted octanol–water partition coefficient (Wildman–Crippen LogP) is 3.30. The fourth-order valence-electron chi connectivity index (χ4n) is 0. The summed E-state index contributed by atoms with van der Waals surface area (Å²) in [7, 11) is 0. The van der Waals surface area contributed by atoms with Crippen LogP contribution in [-0.2, 0) is 21.7 Å². The van der Waals surface area contributed by atoms with E-state index < -0.39 is 0 Å². The standard InChI is InChI=1S/2C3H7.2ClH.Ti/c2*1-3-2;;;/h2*3H,1-2H3;2*1H;/q2*-1;;;+2. The Balaban J connectivity index is -0.00000000889. The summed E-state index contributed by atoms with van der Waals surface area (Å²) >= 11 is 0. The van der Waals surface area contributed by atoms with E-state index in [0.29, 0.717) is 0 Å². The van der Waals surface area contributed by atoms with Crippen molar-refractivity contribution in [1.29, 1.82) is 0 Å². The van der Waals surface area contributed by atoms with E-state index in [1.165, 1.54) is 0 Å². The van der Waals surface area contributed by atoms with Crippen LogP contribution in [0.3, 0.4) is 0 Å². The molecule has 0 aromatic carbocycles. The fraction of sp³-hybridized carbons (Fsp3) is 0.667. The maximum Gasteiger partial charge on any atom is 2.00 e. The molecule has 0 radical (unpaired) electrons. The van der Waals surface area contributed by atoms with Crippen LogP contribution in [0.4, 0.5) is 0 Å². The number of rotatable bonds is 0. The Morgan fingerprint density at radius 1 is 0.667 bits per heavy atom. The van der Waals surface area contributed by atoms with Gasteiger partial charge in [0.15, 0.2) is 0 Å². The van der Waals surface area contributed by atoms with Gasteiger partial charge in [-0.15, -0.1) is 24.8 Å². The van der Waals surface area contributed by atoms with E-state index in [2.05, 4.69) is 0 Å². The summed E-state index contributed by atoms with van der Waals surface area (Å²) < 4.78 is 0. The fourth-order valence-corrected chi connectivity index (χ4v) is 0. The Labute approximate surface area is 86.9 Å². The molecule has 0 aromatic rings. The van der Waals surface area contributed by atoms with Crippen molar-refractivity contribution in [2.45, 2.75) is 27.7 Å². The summed E-state index contributed by atoms with van der Waals surface area (Å²) in [4.78, 5) is 0. The Bertz CT molecular complexity index is 13.0. The van der Waals surface area contributed by atoms with Crippen molar-refractivity contribution >= 4 is 24.8 Å². The van der Waals surface area contributed by atoms with E-state index in [9.17, 15) is 0 Å². The molecule has 0 N–H and O–H groups in total. The summed E-state index contributed by atoms with van der Waals surface area (Å²) in [6.45, 7) is 8.00. The van der Waals surface area contributed by atoms with E-state index in [1.54, 1.807) is 0 Å². The number of hydrogen-bond acceptors (Lipinski definition) is 0. The monoisotopic (exact) mass is 206 g/mol. The van der Waals surface area contributed by atoms with Crippen LogP contribution >= 0.6 is 24.8 Å². The van der Waals surface area contributed by atoms with Crippen molar-refractivity contribution in [3.05, 3.63) is 12.8 Å². The number of halogens is 2. The first-order valence-corrected chi connectivity index (χ1v) is 2.31. The zero-order valence-electron chi connectivity index (χ0n) is 6.47. The molecule has 0 aromatic heterocycles. The third-order valence-electron chi connectivity index (χ3n) is 0. The van der Waals surface area contributed by atoms with Gasteiger partial charge in [0.2, 0.25) is 0 Å². The van der Waals surface area contributed by atoms with Crippen LogP contribution in [0.1, 0.15) is 27.7 Å². The molecule has 0 atom stereocenters. The quantitative estimate of drug-likeness (QED) is 0.422. The van der Waals surface area contributed by atoms with Gasteiger partial charge in [0, 0.05) is 0 Å². The van der Waals surface area contributed by atoms with Gasteiger partial charge in [0.1, 0.15) is 0 Å². The maximum absolute atomic E-state index is 2.00. The minimum absolute atomic E-state index is 0. The first-order chi connectivity index (χ1) is 2.83. The summed E-state index contributed by atoms with van der Waals surface area (Å²) in [5.74, 6) is 0. The smallest absolute Gasteiger partial charge is 0.335 e. The van der Waals surface area contributed by atoms with Gasteiger partial charge in [-0.1, -0.05) is 0 Å². The summed E-state index contributed by atoms with van der Waals surface area (Å²) in [6.07, 6.45) is 4.00. The van der Waals surface area contributed by atoms with Gasteiger partial charge in [-0.25, -0.2) is 0 Å². The first kappa shape index (κ1) is 31.7. The van der Waals surface area contributed by atoms with E-state index in [1.807, 2.05) is 40.5 Å². The molecule has 0 aliphatic heterocycles. The molecule has 0 nitrogen and oxygen atoms in total. The zero-order chi connectivity index (χ0) is 5.41. The largest absolute Gasteiger partial charge is 2.00 e. The van der Waals surface area contributed by atoms with Crippen LogP contribution in [0.5, 0.6) is 0 Å². The molecule has 0 bridgehead atoms. The molecule has 3 heteroatoms. The van der Waals surface area contributed by atoms with Gasteiger partial charge < -0.3 is 12.8 Å². The van der Waals surface area contributed by atoms with Crippen LogP contribution in [0.25, 0.3) is 0 Å².